The maximum absolute atomic E-state index is 14.0. The molecule has 0 saturated heterocycles. The van der Waals surface area contributed by atoms with E-state index in [1.807, 2.05) is 56.3 Å². The highest BCUT2D eigenvalue weighted by molar-refractivity contribution is 5.92. The summed E-state index contributed by atoms with van der Waals surface area (Å²) in [4.78, 5) is 48.6. The summed E-state index contributed by atoms with van der Waals surface area (Å²) in [5.41, 5.74) is 6.09. The number of oxazole rings is 2. The number of hydrogen-bond donors (Lipinski definition) is 5. The number of fused-ring (bicyclic) bond motifs is 4. The zero-order valence-corrected chi connectivity index (χ0v) is 26.4. The molecule has 2 aromatic carbocycles. The van der Waals surface area contributed by atoms with Crippen LogP contribution in [0.5, 0.6) is 5.75 Å². The highest BCUT2D eigenvalue weighted by Crippen LogP contribution is 2.59. The lowest BCUT2D eigenvalue weighted by Crippen LogP contribution is -2.55. The maximum atomic E-state index is 14.0. The van der Waals surface area contributed by atoms with Crippen molar-refractivity contribution in [3.05, 3.63) is 82.8 Å². The average molecular weight is 641 g/mol. The Morgan fingerprint density at radius 3 is 2.60 bits per heavy atom. The zero-order valence-electron chi connectivity index (χ0n) is 26.4. The fourth-order valence-electron chi connectivity index (χ4n) is 6.81. The van der Waals surface area contributed by atoms with Crippen molar-refractivity contribution >= 4 is 23.4 Å². The van der Waals surface area contributed by atoms with Crippen molar-refractivity contribution in [3.8, 4) is 17.3 Å². The summed E-state index contributed by atoms with van der Waals surface area (Å²) in [7, 11) is 0. The lowest BCUT2D eigenvalue weighted by atomic mass is 9.72. The lowest BCUT2D eigenvalue weighted by molar-refractivity contribution is -0.143. The highest BCUT2D eigenvalue weighted by atomic mass is 16.5. The second-order valence-corrected chi connectivity index (χ2v) is 12.7. The molecule has 0 aliphatic carbocycles. The lowest BCUT2D eigenvalue weighted by Gasteiger charge is -2.30. The van der Waals surface area contributed by atoms with Gasteiger partial charge in [-0.2, -0.15) is 0 Å². The van der Waals surface area contributed by atoms with E-state index < -0.39 is 47.0 Å². The SMILES string of the molecule is CCC(O)(CC)C(=O)N[C@H]1Cc2ccc3c(c2)C2(c4ccccc4N[C@H]2O3)c2oc(nc2-c2nc(C(N)=O)co2)[C@H](C(C)C)NC1=O. The number of carbonyl (C=O) groups excluding carboxylic acids is 3. The Hall–Kier alpha value is -5.17. The number of primary amides is 1. The van der Waals surface area contributed by atoms with Crippen molar-refractivity contribution in [2.75, 3.05) is 5.32 Å². The molecule has 0 saturated carbocycles. The quantitative estimate of drug-likeness (QED) is 0.200. The topological polar surface area (TPSA) is 195 Å². The summed E-state index contributed by atoms with van der Waals surface area (Å²) < 4.78 is 19.1. The minimum atomic E-state index is -1.63. The standard InChI is InChI=1S/C34H36N6O7/c1-5-33(44,6-2)31(43)37-21-14-17-11-12-23-19(13-17)34(18-9-7-8-10-20(18)38-32(34)46-23)26-25(29-36-22(15-45-29)27(35)41)40-30(47-26)24(16(3)4)39-28(21)42/h7-13,15-16,21,24,32,38,44H,5-6,14H2,1-4H3,(H2,35,41)(H,37,43)(H,39,42)/t21-,24-,32-,34?/m0/s1. The Balaban J connectivity index is 1.48. The molecule has 47 heavy (non-hydrogen) atoms. The van der Waals surface area contributed by atoms with Gasteiger partial charge in [-0.05, 0) is 42.0 Å². The third kappa shape index (κ3) is 4.59. The van der Waals surface area contributed by atoms with Crippen LogP contribution < -0.4 is 26.4 Å². The maximum Gasteiger partial charge on any atom is 0.270 e. The number of carbonyl (C=O) groups is 3. The number of anilines is 1. The van der Waals surface area contributed by atoms with Crippen LogP contribution in [0.2, 0.25) is 0 Å². The van der Waals surface area contributed by atoms with E-state index in [2.05, 4.69) is 20.9 Å². The van der Waals surface area contributed by atoms with Gasteiger partial charge in [-0.3, -0.25) is 14.4 Å². The minimum Gasteiger partial charge on any atom is -0.469 e. The molecule has 4 aromatic rings. The molecule has 3 aliphatic rings. The molecule has 4 atom stereocenters. The molecule has 7 rings (SSSR count). The molecule has 13 nitrogen and oxygen atoms in total. The molecule has 1 unspecified atom stereocenters. The Morgan fingerprint density at radius 1 is 1.13 bits per heavy atom. The molecular weight excluding hydrogens is 604 g/mol. The summed E-state index contributed by atoms with van der Waals surface area (Å²) in [5, 5.41) is 20.3. The number of amides is 3. The van der Waals surface area contributed by atoms with Crippen LogP contribution in [-0.2, 0) is 21.4 Å². The van der Waals surface area contributed by atoms with Crippen molar-refractivity contribution in [3.63, 3.8) is 0 Å². The Kier molecular flexibility index (Phi) is 7.12. The highest BCUT2D eigenvalue weighted by Gasteiger charge is 2.61. The number of nitrogens with zero attached hydrogens (tertiary/aromatic N) is 2. The Morgan fingerprint density at radius 2 is 1.89 bits per heavy atom. The number of nitrogens with one attached hydrogen (secondary N) is 3. The molecule has 0 radical (unpaired) electrons. The van der Waals surface area contributed by atoms with Crippen LogP contribution >= 0.6 is 0 Å². The fraction of sp³-hybridized carbons (Fsp3) is 0.382. The van der Waals surface area contributed by atoms with Crippen molar-refractivity contribution in [2.45, 2.75) is 76.3 Å². The summed E-state index contributed by atoms with van der Waals surface area (Å²) in [6.07, 6.45) is 1.01. The molecule has 3 amide bonds. The van der Waals surface area contributed by atoms with Crippen molar-refractivity contribution in [1.29, 1.82) is 0 Å². The predicted molar refractivity (Wildman–Crippen MR) is 168 cm³/mol. The van der Waals surface area contributed by atoms with E-state index in [1.165, 1.54) is 6.26 Å². The fourth-order valence-corrected chi connectivity index (χ4v) is 6.81. The molecule has 2 aromatic heterocycles. The van der Waals surface area contributed by atoms with Gasteiger partial charge in [0.2, 0.25) is 17.7 Å². The zero-order chi connectivity index (χ0) is 33.2. The van der Waals surface area contributed by atoms with E-state index in [-0.39, 0.29) is 48.3 Å². The van der Waals surface area contributed by atoms with Gasteiger partial charge in [0.15, 0.2) is 23.4 Å². The monoisotopic (exact) mass is 640 g/mol. The molecule has 13 heteroatoms. The smallest absolute Gasteiger partial charge is 0.270 e. The number of aromatic nitrogens is 2. The molecule has 5 heterocycles. The van der Waals surface area contributed by atoms with Crippen LogP contribution in [-0.4, -0.2) is 50.7 Å². The average Bonchev–Trinajstić information content (AvgIpc) is 3.83. The normalized spacial score (nSPS) is 22.7. The summed E-state index contributed by atoms with van der Waals surface area (Å²) in [6.45, 7) is 7.26. The van der Waals surface area contributed by atoms with E-state index in [4.69, 9.17) is 24.3 Å². The van der Waals surface area contributed by atoms with Gasteiger partial charge in [-0.1, -0.05) is 58.0 Å². The molecule has 1 spiro atoms. The van der Waals surface area contributed by atoms with E-state index in [0.717, 1.165) is 22.4 Å². The van der Waals surface area contributed by atoms with Crippen LogP contribution in [0.3, 0.4) is 0 Å². The number of ether oxygens (including phenoxy) is 1. The van der Waals surface area contributed by atoms with Gasteiger partial charge in [0.1, 0.15) is 35.1 Å². The van der Waals surface area contributed by atoms with Crippen molar-refractivity contribution in [2.24, 2.45) is 11.7 Å². The number of rotatable bonds is 7. The predicted octanol–water partition coefficient (Wildman–Crippen LogP) is 3.31. The van der Waals surface area contributed by atoms with E-state index >= 15 is 0 Å². The van der Waals surface area contributed by atoms with Gasteiger partial charge in [0.05, 0.1) is 0 Å². The van der Waals surface area contributed by atoms with Gasteiger partial charge in [0, 0.05) is 17.7 Å². The molecule has 4 bridgehead atoms. The molecular formula is C34H36N6O7. The third-order valence-corrected chi connectivity index (χ3v) is 9.59. The number of para-hydroxylation sites is 1. The first-order chi connectivity index (χ1) is 22.5. The second-order valence-electron chi connectivity index (χ2n) is 12.7. The molecule has 244 valence electrons. The van der Waals surface area contributed by atoms with Gasteiger partial charge in [-0.15, -0.1) is 0 Å². The third-order valence-electron chi connectivity index (χ3n) is 9.59. The molecule has 0 fully saturated rings. The van der Waals surface area contributed by atoms with E-state index in [1.54, 1.807) is 13.8 Å². The first-order valence-electron chi connectivity index (χ1n) is 15.8. The first kappa shape index (κ1) is 30.5. The molecule has 3 aliphatic heterocycles. The first-order valence-corrected chi connectivity index (χ1v) is 15.8. The van der Waals surface area contributed by atoms with Gasteiger partial charge < -0.3 is 40.4 Å². The van der Waals surface area contributed by atoms with E-state index in [9.17, 15) is 19.5 Å². The van der Waals surface area contributed by atoms with E-state index in [0.29, 0.717) is 11.5 Å². The Bertz CT molecular complexity index is 1910. The van der Waals surface area contributed by atoms with Gasteiger partial charge >= 0.3 is 0 Å². The van der Waals surface area contributed by atoms with Gasteiger partial charge in [-0.25, -0.2) is 9.97 Å². The number of aliphatic hydroxyl groups is 1. The van der Waals surface area contributed by atoms with Crippen molar-refractivity contribution < 1.29 is 33.1 Å². The molecule has 6 N–H and O–H groups in total. The largest absolute Gasteiger partial charge is 0.469 e. The van der Waals surface area contributed by atoms with Crippen molar-refractivity contribution in [1.82, 2.24) is 20.6 Å². The number of benzene rings is 2. The number of nitrogens with two attached hydrogens (primary N) is 1. The minimum absolute atomic E-state index is 0.0122. The number of hydrogen-bond acceptors (Lipinski definition) is 10. The summed E-state index contributed by atoms with van der Waals surface area (Å²) in [6, 6.07) is 11.6. The van der Waals surface area contributed by atoms with Crippen LogP contribution in [0, 0.1) is 5.92 Å². The van der Waals surface area contributed by atoms with Crippen LogP contribution in [0.4, 0.5) is 5.69 Å². The van der Waals surface area contributed by atoms with Crippen LogP contribution in [0.1, 0.15) is 85.4 Å². The van der Waals surface area contributed by atoms with Crippen LogP contribution in [0.25, 0.3) is 11.6 Å². The summed E-state index contributed by atoms with van der Waals surface area (Å²) in [5.74, 6) is -0.964. The van der Waals surface area contributed by atoms with Gasteiger partial charge in [0.25, 0.3) is 11.8 Å². The second kappa shape index (κ2) is 11.0. The summed E-state index contributed by atoms with van der Waals surface area (Å²) >= 11 is 0. The Labute approximate surface area is 270 Å². The van der Waals surface area contributed by atoms with Crippen LogP contribution in [0.15, 0.2) is 57.6 Å².